The van der Waals surface area contributed by atoms with Crippen molar-refractivity contribution in [3.63, 3.8) is 0 Å². The summed E-state index contributed by atoms with van der Waals surface area (Å²) in [6.07, 6.45) is 1.24. The number of hydrogen-bond acceptors (Lipinski definition) is 4. The van der Waals surface area contributed by atoms with Crippen LogP contribution in [0.15, 0.2) is 33.8 Å². The number of carbonyl (C=O) groups excluding carboxylic acids is 2. The first-order valence-corrected chi connectivity index (χ1v) is 6.74. The summed E-state index contributed by atoms with van der Waals surface area (Å²) in [6.45, 7) is 0.790. The van der Waals surface area contributed by atoms with Gasteiger partial charge in [-0.1, -0.05) is 28.1 Å². The van der Waals surface area contributed by atoms with E-state index in [1.54, 1.807) is 0 Å². The summed E-state index contributed by atoms with van der Waals surface area (Å²) in [5.41, 5.74) is 3.13. The van der Waals surface area contributed by atoms with Gasteiger partial charge in [0.15, 0.2) is 0 Å². The fraction of sp³-hybridized carbons (Fsp3) is 0.308. The van der Waals surface area contributed by atoms with Crippen LogP contribution in [0.4, 0.5) is 0 Å². The second-order valence-corrected chi connectivity index (χ2v) is 4.78. The van der Waals surface area contributed by atoms with E-state index in [1.165, 1.54) is 13.3 Å². The Kier molecular flexibility index (Phi) is 7.52. The standard InChI is InChI=1S/C13H16BrN3O3/c1-20-6-5-15-12(18)8-13(19)17-16-9-10-3-2-4-11(14)7-10/h2-4,7,9H,5-6,8H2,1H3,(H,15,18)(H,17,19)/b16-9-. The number of methoxy groups -OCH3 is 1. The molecular weight excluding hydrogens is 326 g/mol. The Hall–Kier alpha value is -1.73. The minimum atomic E-state index is -0.467. The largest absolute Gasteiger partial charge is 0.383 e. The number of nitrogens with one attached hydrogen (secondary N) is 2. The van der Waals surface area contributed by atoms with Gasteiger partial charge < -0.3 is 10.1 Å². The zero-order chi connectivity index (χ0) is 14.8. The molecule has 7 heteroatoms. The molecule has 0 aromatic heterocycles. The molecule has 1 rings (SSSR count). The molecule has 6 nitrogen and oxygen atoms in total. The van der Waals surface area contributed by atoms with Crippen LogP contribution in [0.2, 0.25) is 0 Å². The highest BCUT2D eigenvalue weighted by Gasteiger charge is 2.07. The topological polar surface area (TPSA) is 79.8 Å². The summed E-state index contributed by atoms with van der Waals surface area (Å²) in [4.78, 5) is 22.7. The Bertz CT molecular complexity index is 492. The van der Waals surface area contributed by atoms with Crippen molar-refractivity contribution >= 4 is 34.0 Å². The van der Waals surface area contributed by atoms with E-state index in [9.17, 15) is 9.59 Å². The number of halogens is 1. The molecule has 2 amide bonds. The second-order valence-electron chi connectivity index (χ2n) is 3.87. The third kappa shape index (κ3) is 7.01. The van der Waals surface area contributed by atoms with Crippen molar-refractivity contribution in [1.29, 1.82) is 0 Å². The summed E-state index contributed by atoms with van der Waals surface area (Å²) >= 11 is 3.33. The molecule has 0 aliphatic carbocycles. The highest BCUT2D eigenvalue weighted by molar-refractivity contribution is 9.10. The predicted molar refractivity (Wildman–Crippen MR) is 79.4 cm³/mol. The molecule has 0 aliphatic heterocycles. The number of hydrazone groups is 1. The summed E-state index contributed by atoms with van der Waals surface area (Å²) in [5.74, 6) is -0.830. The number of amides is 2. The lowest BCUT2D eigenvalue weighted by atomic mass is 10.2. The van der Waals surface area contributed by atoms with Crippen LogP contribution < -0.4 is 10.7 Å². The van der Waals surface area contributed by atoms with Crippen molar-refractivity contribution < 1.29 is 14.3 Å². The van der Waals surface area contributed by atoms with Crippen LogP contribution in [0.1, 0.15) is 12.0 Å². The van der Waals surface area contributed by atoms with Crippen LogP contribution in [0.25, 0.3) is 0 Å². The smallest absolute Gasteiger partial charge is 0.249 e. The monoisotopic (exact) mass is 341 g/mol. The van der Waals surface area contributed by atoms with E-state index >= 15 is 0 Å². The van der Waals surface area contributed by atoms with Gasteiger partial charge in [-0.25, -0.2) is 5.43 Å². The number of nitrogens with zero attached hydrogens (tertiary/aromatic N) is 1. The van der Waals surface area contributed by atoms with Gasteiger partial charge in [0.1, 0.15) is 6.42 Å². The summed E-state index contributed by atoms with van der Waals surface area (Å²) in [7, 11) is 1.54. The van der Waals surface area contributed by atoms with Gasteiger partial charge in [-0.15, -0.1) is 0 Å². The maximum absolute atomic E-state index is 11.4. The highest BCUT2D eigenvalue weighted by atomic mass is 79.9. The van der Waals surface area contributed by atoms with Crippen LogP contribution >= 0.6 is 15.9 Å². The minimum Gasteiger partial charge on any atom is -0.383 e. The van der Waals surface area contributed by atoms with Crippen LogP contribution in [-0.2, 0) is 14.3 Å². The number of rotatable bonds is 7. The lowest BCUT2D eigenvalue weighted by molar-refractivity contribution is -0.129. The molecule has 1 aromatic carbocycles. The zero-order valence-corrected chi connectivity index (χ0v) is 12.6. The summed E-state index contributed by atoms with van der Waals surface area (Å²) in [6, 6.07) is 7.45. The SMILES string of the molecule is COCCNC(=O)CC(=O)N/N=C\c1cccc(Br)c1. The quantitative estimate of drug-likeness (QED) is 0.336. The maximum atomic E-state index is 11.4. The van der Waals surface area contributed by atoms with Crippen LogP contribution in [-0.4, -0.2) is 38.3 Å². The van der Waals surface area contributed by atoms with E-state index in [0.29, 0.717) is 13.2 Å². The average molecular weight is 342 g/mol. The van der Waals surface area contributed by atoms with Gasteiger partial charge >= 0.3 is 0 Å². The van der Waals surface area contributed by atoms with Gasteiger partial charge in [-0.05, 0) is 17.7 Å². The molecule has 0 saturated heterocycles. The second kappa shape index (κ2) is 9.22. The normalized spacial score (nSPS) is 10.5. The molecule has 20 heavy (non-hydrogen) atoms. The van der Waals surface area contributed by atoms with Crippen LogP contribution in [0.5, 0.6) is 0 Å². The van der Waals surface area contributed by atoms with E-state index in [4.69, 9.17) is 4.74 Å². The molecular formula is C13H16BrN3O3. The maximum Gasteiger partial charge on any atom is 0.249 e. The highest BCUT2D eigenvalue weighted by Crippen LogP contribution is 2.09. The molecule has 0 radical (unpaired) electrons. The molecule has 0 spiro atoms. The Morgan fingerprint density at radius 3 is 2.90 bits per heavy atom. The van der Waals surface area contributed by atoms with Crippen molar-refractivity contribution in [2.75, 3.05) is 20.3 Å². The Morgan fingerprint density at radius 1 is 1.40 bits per heavy atom. The first kappa shape index (κ1) is 16.3. The van der Waals surface area contributed by atoms with Gasteiger partial charge in [0, 0.05) is 18.1 Å². The first-order chi connectivity index (χ1) is 9.61. The molecule has 0 heterocycles. The number of hydrogen-bond donors (Lipinski definition) is 2. The number of ether oxygens (including phenoxy) is 1. The fourth-order valence-electron chi connectivity index (χ4n) is 1.31. The molecule has 0 fully saturated rings. The third-order valence-electron chi connectivity index (χ3n) is 2.20. The predicted octanol–water partition coefficient (Wildman–Crippen LogP) is 1.05. The lowest BCUT2D eigenvalue weighted by Crippen LogP contribution is -2.31. The molecule has 0 bridgehead atoms. The molecule has 0 saturated carbocycles. The summed E-state index contributed by atoms with van der Waals surface area (Å²) < 4.78 is 5.70. The van der Waals surface area contributed by atoms with Crippen molar-refractivity contribution in [1.82, 2.24) is 10.7 Å². The molecule has 0 aliphatic rings. The lowest BCUT2D eigenvalue weighted by Gasteiger charge is -2.03. The molecule has 108 valence electrons. The van der Waals surface area contributed by atoms with Crippen LogP contribution in [0, 0.1) is 0 Å². The summed E-state index contributed by atoms with van der Waals surface area (Å²) in [5, 5.41) is 6.33. The third-order valence-corrected chi connectivity index (χ3v) is 2.69. The molecule has 1 aromatic rings. The Morgan fingerprint density at radius 2 is 2.20 bits per heavy atom. The van der Waals surface area contributed by atoms with Gasteiger partial charge in [-0.3, -0.25) is 9.59 Å². The van der Waals surface area contributed by atoms with E-state index in [0.717, 1.165) is 10.0 Å². The minimum absolute atomic E-state index is 0.264. The van der Waals surface area contributed by atoms with Gasteiger partial charge in [0.2, 0.25) is 11.8 Å². The van der Waals surface area contributed by atoms with E-state index in [2.05, 4.69) is 31.8 Å². The van der Waals surface area contributed by atoms with Crippen molar-refractivity contribution in [3.05, 3.63) is 34.3 Å². The van der Waals surface area contributed by atoms with Crippen molar-refractivity contribution in [2.24, 2.45) is 5.10 Å². The first-order valence-electron chi connectivity index (χ1n) is 5.95. The Labute approximate surface area is 125 Å². The van der Waals surface area contributed by atoms with Crippen molar-refractivity contribution in [2.45, 2.75) is 6.42 Å². The average Bonchev–Trinajstić information content (AvgIpc) is 2.39. The van der Waals surface area contributed by atoms with Gasteiger partial charge in [0.05, 0.1) is 12.8 Å². The van der Waals surface area contributed by atoms with E-state index in [-0.39, 0.29) is 12.3 Å². The zero-order valence-electron chi connectivity index (χ0n) is 11.1. The Balaban J connectivity index is 2.30. The van der Waals surface area contributed by atoms with Gasteiger partial charge in [0.25, 0.3) is 0 Å². The molecule has 2 N–H and O–H groups in total. The van der Waals surface area contributed by atoms with Crippen LogP contribution in [0.3, 0.4) is 0 Å². The fourth-order valence-corrected chi connectivity index (χ4v) is 1.72. The number of benzene rings is 1. The molecule has 0 atom stereocenters. The van der Waals surface area contributed by atoms with Crippen molar-refractivity contribution in [3.8, 4) is 0 Å². The van der Waals surface area contributed by atoms with E-state index in [1.807, 2.05) is 24.3 Å². The van der Waals surface area contributed by atoms with Gasteiger partial charge in [-0.2, -0.15) is 5.10 Å². The van der Waals surface area contributed by atoms with E-state index < -0.39 is 5.91 Å². The number of carbonyl (C=O) groups is 2. The molecule has 0 unspecified atom stereocenters.